The van der Waals surface area contributed by atoms with E-state index in [1.54, 1.807) is 11.3 Å². The second kappa shape index (κ2) is 10.4. The number of benzene rings is 1. The number of aromatic nitrogens is 1. The summed E-state index contributed by atoms with van der Waals surface area (Å²) >= 11 is 1.69. The number of hydrogen-bond acceptors (Lipinski definition) is 6. The summed E-state index contributed by atoms with van der Waals surface area (Å²) < 4.78 is 6.75. The van der Waals surface area contributed by atoms with E-state index < -0.39 is 0 Å². The molecule has 0 bridgehead atoms. The molecule has 2 fully saturated rings. The van der Waals surface area contributed by atoms with Crippen molar-refractivity contribution in [2.75, 3.05) is 50.8 Å². The molecule has 4 rings (SSSR count). The number of carbonyl (C=O) groups excluding carboxylic acids is 1. The van der Waals surface area contributed by atoms with Gasteiger partial charge in [-0.3, -0.25) is 4.79 Å². The van der Waals surface area contributed by atoms with Gasteiger partial charge in [0.15, 0.2) is 5.13 Å². The van der Waals surface area contributed by atoms with Gasteiger partial charge in [0.25, 0.3) is 0 Å². The Kier molecular flexibility index (Phi) is 7.44. The fourth-order valence-electron chi connectivity index (χ4n) is 4.49. The van der Waals surface area contributed by atoms with E-state index in [1.165, 1.54) is 38.8 Å². The van der Waals surface area contributed by atoms with Gasteiger partial charge in [0.05, 0.1) is 22.7 Å². The first kappa shape index (κ1) is 21.4. The lowest BCUT2D eigenvalue weighted by atomic mass is 9.97. The first-order valence-electron chi connectivity index (χ1n) is 11.5. The maximum Gasteiger partial charge on any atom is 0.224 e. The molecule has 0 unspecified atom stereocenters. The van der Waals surface area contributed by atoms with E-state index in [2.05, 4.69) is 21.2 Å². The van der Waals surface area contributed by atoms with Crippen molar-refractivity contribution >= 4 is 32.6 Å². The topological polar surface area (TPSA) is 57.7 Å². The molecule has 1 amide bonds. The molecule has 0 saturated carbocycles. The van der Waals surface area contributed by atoms with Crippen molar-refractivity contribution < 1.29 is 9.53 Å². The largest absolute Gasteiger partial charge is 0.494 e. The van der Waals surface area contributed by atoms with E-state index in [-0.39, 0.29) is 11.8 Å². The fourth-order valence-corrected chi connectivity index (χ4v) is 5.52. The highest BCUT2D eigenvalue weighted by atomic mass is 32.1. The summed E-state index contributed by atoms with van der Waals surface area (Å²) in [6, 6.07) is 6.07. The molecule has 2 saturated heterocycles. The highest BCUT2D eigenvalue weighted by Gasteiger charge is 2.27. The van der Waals surface area contributed by atoms with E-state index in [1.807, 2.05) is 19.1 Å². The van der Waals surface area contributed by atoms with Gasteiger partial charge in [0.2, 0.25) is 5.91 Å². The molecule has 0 radical (unpaired) electrons. The van der Waals surface area contributed by atoms with Crippen LogP contribution in [0.5, 0.6) is 5.75 Å². The number of rotatable bonds is 7. The lowest BCUT2D eigenvalue weighted by Crippen LogP contribution is -2.44. The lowest BCUT2D eigenvalue weighted by Gasteiger charge is -2.32. The van der Waals surface area contributed by atoms with Crippen molar-refractivity contribution in [1.29, 1.82) is 0 Å². The number of thiazole rings is 1. The molecule has 1 N–H and O–H groups in total. The third-order valence-electron chi connectivity index (χ3n) is 6.15. The van der Waals surface area contributed by atoms with Gasteiger partial charge in [0.1, 0.15) is 5.75 Å². The number of ether oxygens (including phenoxy) is 1. The summed E-state index contributed by atoms with van der Waals surface area (Å²) in [5.41, 5.74) is 1.00. The number of nitrogens with one attached hydrogen (secondary N) is 1. The van der Waals surface area contributed by atoms with Gasteiger partial charge in [-0.15, -0.1) is 0 Å². The molecule has 2 aliphatic heterocycles. The standard InChI is InChI=1S/C23H34N4O2S/c1-2-29-19-9-10-20-21(16-19)30-23(25-20)27-14-7-8-18(17-27)22(28)24-11-15-26-12-5-3-4-6-13-26/h9-10,16,18H,2-8,11-15,17H2,1H3,(H,24,28)/t18-/m1/s1. The van der Waals surface area contributed by atoms with E-state index in [4.69, 9.17) is 9.72 Å². The molecule has 30 heavy (non-hydrogen) atoms. The van der Waals surface area contributed by atoms with Crippen molar-refractivity contribution in [3.05, 3.63) is 18.2 Å². The highest BCUT2D eigenvalue weighted by molar-refractivity contribution is 7.22. The van der Waals surface area contributed by atoms with Crippen LogP contribution in [-0.2, 0) is 4.79 Å². The van der Waals surface area contributed by atoms with Gasteiger partial charge in [-0.1, -0.05) is 24.2 Å². The number of anilines is 1. The summed E-state index contributed by atoms with van der Waals surface area (Å²) in [4.78, 5) is 22.4. The Hall–Kier alpha value is -1.86. The minimum absolute atomic E-state index is 0.0499. The minimum Gasteiger partial charge on any atom is -0.494 e. The number of hydrogen-bond donors (Lipinski definition) is 1. The summed E-state index contributed by atoms with van der Waals surface area (Å²) in [5, 5.41) is 4.21. The molecular formula is C23H34N4O2S. The molecule has 2 aliphatic rings. The molecule has 1 aromatic carbocycles. The zero-order valence-electron chi connectivity index (χ0n) is 18.1. The Morgan fingerprint density at radius 1 is 1.20 bits per heavy atom. The van der Waals surface area contributed by atoms with Gasteiger partial charge in [0, 0.05) is 26.2 Å². The Morgan fingerprint density at radius 2 is 2.03 bits per heavy atom. The van der Waals surface area contributed by atoms with Crippen LogP contribution in [0.3, 0.4) is 0 Å². The minimum atomic E-state index is 0.0499. The van der Waals surface area contributed by atoms with E-state index >= 15 is 0 Å². The average molecular weight is 431 g/mol. The van der Waals surface area contributed by atoms with Gasteiger partial charge in [-0.05, 0) is 63.9 Å². The van der Waals surface area contributed by atoms with Crippen molar-refractivity contribution in [2.45, 2.75) is 45.4 Å². The Bertz CT molecular complexity index is 832. The SMILES string of the molecule is CCOc1ccc2nc(N3CCC[C@@H](C(=O)NCCN4CCCCCC4)C3)sc2c1. The van der Waals surface area contributed by atoms with Crippen LogP contribution < -0.4 is 15.0 Å². The second-order valence-electron chi connectivity index (χ2n) is 8.39. The number of fused-ring (bicyclic) bond motifs is 1. The van der Waals surface area contributed by atoms with Gasteiger partial charge < -0.3 is 19.9 Å². The molecule has 2 aromatic rings. The predicted octanol–water partition coefficient (Wildman–Crippen LogP) is 3.90. The van der Waals surface area contributed by atoms with Crippen LogP contribution in [0.4, 0.5) is 5.13 Å². The van der Waals surface area contributed by atoms with Crippen molar-refractivity contribution in [2.24, 2.45) is 5.92 Å². The van der Waals surface area contributed by atoms with E-state index in [0.717, 1.165) is 60.1 Å². The molecule has 1 atom stereocenters. The summed E-state index contributed by atoms with van der Waals surface area (Å²) in [5.74, 6) is 1.14. The Morgan fingerprint density at radius 3 is 2.83 bits per heavy atom. The Labute approximate surface area is 183 Å². The molecule has 0 spiro atoms. The van der Waals surface area contributed by atoms with Crippen molar-refractivity contribution in [3.8, 4) is 5.75 Å². The summed E-state index contributed by atoms with van der Waals surface area (Å²) in [7, 11) is 0. The third kappa shape index (κ3) is 5.43. The maximum absolute atomic E-state index is 12.8. The predicted molar refractivity (Wildman–Crippen MR) is 124 cm³/mol. The quantitative estimate of drug-likeness (QED) is 0.722. The second-order valence-corrected chi connectivity index (χ2v) is 9.40. The van der Waals surface area contributed by atoms with Crippen LogP contribution in [0, 0.1) is 5.92 Å². The molecule has 7 heteroatoms. The van der Waals surface area contributed by atoms with Crippen LogP contribution in [-0.4, -0.2) is 61.7 Å². The van der Waals surface area contributed by atoms with Gasteiger partial charge in [-0.2, -0.15) is 0 Å². The van der Waals surface area contributed by atoms with Crippen molar-refractivity contribution in [1.82, 2.24) is 15.2 Å². The lowest BCUT2D eigenvalue weighted by molar-refractivity contribution is -0.125. The first-order valence-corrected chi connectivity index (χ1v) is 12.3. The van der Waals surface area contributed by atoms with Crippen LogP contribution >= 0.6 is 11.3 Å². The molecular weight excluding hydrogens is 396 g/mol. The van der Waals surface area contributed by atoms with Crippen LogP contribution in [0.1, 0.15) is 45.4 Å². The molecule has 164 valence electrons. The number of nitrogens with zero attached hydrogens (tertiary/aromatic N) is 3. The van der Waals surface area contributed by atoms with Crippen LogP contribution in [0.2, 0.25) is 0 Å². The highest BCUT2D eigenvalue weighted by Crippen LogP contribution is 2.33. The zero-order valence-corrected chi connectivity index (χ0v) is 18.9. The number of amides is 1. The van der Waals surface area contributed by atoms with E-state index in [9.17, 15) is 4.79 Å². The maximum atomic E-state index is 12.8. The molecule has 3 heterocycles. The monoisotopic (exact) mass is 430 g/mol. The average Bonchev–Trinajstić information content (AvgIpc) is 3.02. The van der Waals surface area contributed by atoms with E-state index in [0.29, 0.717) is 6.61 Å². The smallest absolute Gasteiger partial charge is 0.224 e. The van der Waals surface area contributed by atoms with Crippen molar-refractivity contribution in [3.63, 3.8) is 0 Å². The third-order valence-corrected chi connectivity index (χ3v) is 7.23. The first-order chi connectivity index (χ1) is 14.7. The number of piperidine rings is 1. The summed E-state index contributed by atoms with van der Waals surface area (Å²) in [6.07, 6.45) is 7.27. The Balaban J connectivity index is 1.31. The number of carbonyl (C=O) groups is 1. The molecule has 6 nitrogen and oxygen atoms in total. The number of likely N-dealkylation sites (tertiary alicyclic amines) is 1. The fraction of sp³-hybridized carbons (Fsp3) is 0.652. The molecule has 0 aliphatic carbocycles. The molecule has 1 aromatic heterocycles. The normalized spacial score (nSPS) is 20.8. The van der Waals surface area contributed by atoms with Crippen LogP contribution in [0.25, 0.3) is 10.2 Å². The van der Waals surface area contributed by atoms with Crippen LogP contribution in [0.15, 0.2) is 18.2 Å². The summed E-state index contributed by atoms with van der Waals surface area (Å²) in [6.45, 7) is 8.47. The zero-order chi connectivity index (χ0) is 20.8. The van der Waals surface area contributed by atoms with Gasteiger partial charge in [-0.25, -0.2) is 4.98 Å². The van der Waals surface area contributed by atoms with Gasteiger partial charge >= 0.3 is 0 Å².